The topological polar surface area (TPSA) is 62.4 Å². The van der Waals surface area contributed by atoms with Gasteiger partial charge in [0.05, 0.1) is 7.11 Å². The quantitative estimate of drug-likeness (QED) is 0.753. The number of ether oxygens (including phenoxy) is 1. The van der Waals surface area contributed by atoms with Crippen LogP contribution in [0.25, 0.3) is 0 Å². The highest BCUT2D eigenvalue weighted by atomic mass is 32.2. The predicted molar refractivity (Wildman–Crippen MR) is 104 cm³/mol. The van der Waals surface area contributed by atoms with E-state index < -0.39 is 0 Å². The summed E-state index contributed by atoms with van der Waals surface area (Å²) in [6.07, 6.45) is 0. The molecule has 2 aliphatic rings. The van der Waals surface area contributed by atoms with Crippen LogP contribution in [0.3, 0.4) is 0 Å². The Kier molecular flexibility index (Phi) is 5.15. The number of amides is 1. The van der Waals surface area contributed by atoms with Crippen molar-refractivity contribution < 1.29 is 9.53 Å². The molecule has 2 aliphatic heterocycles. The maximum absolute atomic E-state index is 12.5. The lowest BCUT2D eigenvalue weighted by Crippen LogP contribution is -2.64. The molecule has 5 nitrogen and oxygen atoms in total. The first-order chi connectivity index (χ1) is 12.7. The zero-order valence-corrected chi connectivity index (χ0v) is 15.5. The molecule has 0 bridgehead atoms. The number of carbonyl (C=O) groups excluding carboxylic acids is 1. The molecule has 0 radical (unpaired) electrons. The van der Waals surface area contributed by atoms with Crippen LogP contribution in [-0.2, 0) is 10.5 Å². The third-order valence-electron chi connectivity index (χ3n) is 5.03. The van der Waals surface area contributed by atoms with Gasteiger partial charge in [0, 0.05) is 24.3 Å². The molecule has 2 saturated heterocycles. The monoisotopic (exact) mass is 369 g/mol. The first kappa shape index (κ1) is 17.4. The van der Waals surface area contributed by atoms with Gasteiger partial charge < -0.3 is 15.4 Å². The van der Waals surface area contributed by atoms with Crippen LogP contribution in [0.2, 0.25) is 0 Å². The number of rotatable bonds is 5. The molecule has 2 aromatic carbocycles. The van der Waals surface area contributed by atoms with E-state index in [9.17, 15) is 4.79 Å². The summed E-state index contributed by atoms with van der Waals surface area (Å²) in [6.45, 7) is 0.813. The lowest BCUT2D eigenvalue weighted by Gasteiger charge is -2.35. The first-order valence-electron chi connectivity index (χ1n) is 8.84. The summed E-state index contributed by atoms with van der Waals surface area (Å²) in [5, 5.41) is 10.1. The minimum atomic E-state index is -0.172. The summed E-state index contributed by atoms with van der Waals surface area (Å²) in [5.74, 6) is 2.03. The van der Waals surface area contributed by atoms with Crippen LogP contribution in [-0.4, -0.2) is 37.1 Å². The number of nitrogens with one attached hydrogen (secondary N) is 3. The van der Waals surface area contributed by atoms with E-state index in [2.05, 4.69) is 46.3 Å². The van der Waals surface area contributed by atoms with Gasteiger partial charge in [-0.25, -0.2) is 0 Å². The average molecular weight is 369 g/mol. The van der Waals surface area contributed by atoms with Crippen LogP contribution >= 0.6 is 11.8 Å². The fraction of sp³-hybridized carbons (Fsp3) is 0.350. The number of benzene rings is 2. The zero-order chi connectivity index (χ0) is 17.9. The SMILES string of the molecule is COc1cccc(CSC2NC(=O)C3NCC(c4ccccc4)C3N2)c1. The van der Waals surface area contributed by atoms with Crippen molar-refractivity contribution in [1.82, 2.24) is 16.0 Å². The summed E-state index contributed by atoms with van der Waals surface area (Å²) in [4.78, 5) is 12.5. The van der Waals surface area contributed by atoms with E-state index in [4.69, 9.17) is 4.74 Å². The van der Waals surface area contributed by atoms with E-state index in [1.165, 1.54) is 11.1 Å². The molecule has 2 heterocycles. The van der Waals surface area contributed by atoms with Crippen molar-refractivity contribution in [3.63, 3.8) is 0 Å². The van der Waals surface area contributed by atoms with E-state index in [-0.39, 0.29) is 23.5 Å². The van der Waals surface area contributed by atoms with Gasteiger partial charge in [0.15, 0.2) is 0 Å². The second-order valence-corrected chi connectivity index (χ2v) is 7.74. The molecule has 0 aliphatic carbocycles. The van der Waals surface area contributed by atoms with Crippen LogP contribution in [0, 0.1) is 0 Å². The Balaban J connectivity index is 1.43. The number of hydrogen-bond acceptors (Lipinski definition) is 5. The zero-order valence-electron chi connectivity index (χ0n) is 14.6. The van der Waals surface area contributed by atoms with Gasteiger partial charge in [-0.3, -0.25) is 10.1 Å². The van der Waals surface area contributed by atoms with E-state index in [1.54, 1.807) is 18.9 Å². The summed E-state index contributed by atoms with van der Waals surface area (Å²) >= 11 is 1.69. The van der Waals surface area contributed by atoms with E-state index in [0.29, 0.717) is 5.92 Å². The second kappa shape index (κ2) is 7.70. The molecule has 4 rings (SSSR count). The lowest BCUT2D eigenvalue weighted by molar-refractivity contribution is -0.125. The molecular formula is C20H23N3O2S. The van der Waals surface area contributed by atoms with Crippen LogP contribution in [0.1, 0.15) is 17.0 Å². The van der Waals surface area contributed by atoms with Gasteiger partial charge in [0.2, 0.25) is 5.91 Å². The summed E-state index contributed by atoms with van der Waals surface area (Å²) in [5.41, 5.74) is 2.35. The summed E-state index contributed by atoms with van der Waals surface area (Å²) in [7, 11) is 1.67. The fourth-order valence-corrected chi connectivity index (χ4v) is 4.69. The van der Waals surface area contributed by atoms with Crippen molar-refractivity contribution in [2.45, 2.75) is 29.3 Å². The molecule has 0 spiro atoms. The van der Waals surface area contributed by atoms with Gasteiger partial charge in [-0.15, -0.1) is 11.8 Å². The van der Waals surface area contributed by atoms with E-state index in [1.807, 2.05) is 24.3 Å². The predicted octanol–water partition coefficient (Wildman–Crippen LogP) is 2.06. The molecule has 3 N–H and O–H groups in total. The number of fused-ring (bicyclic) bond motifs is 1. The minimum absolute atomic E-state index is 0.0790. The van der Waals surface area contributed by atoms with Gasteiger partial charge in [-0.1, -0.05) is 42.5 Å². The second-order valence-electron chi connectivity index (χ2n) is 6.65. The van der Waals surface area contributed by atoms with Crippen LogP contribution in [0.4, 0.5) is 0 Å². The van der Waals surface area contributed by atoms with Crippen LogP contribution < -0.4 is 20.7 Å². The number of carbonyl (C=O) groups is 1. The Morgan fingerprint density at radius 2 is 2.00 bits per heavy atom. The van der Waals surface area contributed by atoms with Crippen molar-refractivity contribution in [3.8, 4) is 5.75 Å². The summed E-state index contributed by atoms with van der Waals surface area (Å²) in [6, 6.07) is 18.4. The molecular weight excluding hydrogens is 346 g/mol. The molecule has 4 atom stereocenters. The van der Waals surface area contributed by atoms with Gasteiger partial charge in [0.1, 0.15) is 17.3 Å². The number of hydrogen-bond donors (Lipinski definition) is 3. The highest BCUT2D eigenvalue weighted by Gasteiger charge is 2.45. The Morgan fingerprint density at radius 3 is 2.81 bits per heavy atom. The Labute approximate surface area is 157 Å². The molecule has 136 valence electrons. The number of thioether (sulfide) groups is 1. The maximum atomic E-state index is 12.5. The third-order valence-corrected chi connectivity index (χ3v) is 6.12. The van der Waals surface area contributed by atoms with Crippen molar-refractivity contribution >= 4 is 17.7 Å². The van der Waals surface area contributed by atoms with Gasteiger partial charge in [-0.2, -0.15) is 0 Å². The molecule has 26 heavy (non-hydrogen) atoms. The molecule has 6 heteroatoms. The maximum Gasteiger partial charge on any atom is 0.240 e. The lowest BCUT2D eigenvalue weighted by atomic mass is 9.90. The Bertz CT molecular complexity index is 771. The van der Waals surface area contributed by atoms with Crippen LogP contribution in [0.5, 0.6) is 5.75 Å². The standard InChI is InChI=1S/C20H23N3O2S/c1-25-15-9-5-6-13(10-15)12-26-20-22-17-16(14-7-3-2-4-8-14)11-21-18(17)19(24)23-20/h2-10,16-18,20-22H,11-12H2,1H3,(H,23,24). The molecule has 0 aromatic heterocycles. The van der Waals surface area contributed by atoms with Crippen molar-refractivity contribution in [3.05, 3.63) is 65.7 Å². The average Bonchev–Trinajstić information content (AvgIpc) is 3.12. The number of methoxy groups -OCH3 is 1. The van der Waals surface area contributed by atoms with Crippen LogP contribution in [0.15, 0.2) is 54.6 Å². The smallest absolute Gasteiger partial charge is 0.240 e. The van der Waals surface area contributed by atoms with Gasteiger partial charge >= 0.3 is 0 Å². The van der Waals surface area contributed by atoms with E-state index in [0.717, 1.165) is 18.0 Å². The molecule has 0 saturated carbocycles. The normalized spacial score (nSPS) is 27.7. The molecule has 1 amide bonds. The first-order valence-corrected chi connectivity index (χ1v) is 9.89. The van der Waals surface area contributed by atoms with Gasteiger partial charge in [0.25, 0.3) is 0 Å². The van der Waals surface area contributed by atoms with Crippen molar-refractivity contribution in [2.75, 3.05) is 13.7 Å². The Morgan fingerprint density at radius 1 is 1.15 bits per heavy atom. The molecule has 2 aromatic rings. The van der Waals surface area contributed by atoms with Crippen molar-refractivity contribution in [2.24, 2.45) is 0 Å². The Hall–Kier alpha value is -2.02. The highest BCUT2D eigenvalue weighted by molar-refractivity contribution is 7.99. The fourth-order valence-electron chi connectivity index (χ4n) is 3.70. The molecule has 2 fully saturated rings. The minimum Gasteiger partial charge on any atom is -0.497 e. The summed E-state index contributed by atoms with van der Waals surface area (Å²) < 4.78 is 5.28. The largest absolute Gasteiger partial charge is 0.497 e. The molecule has 4 unspecified atom stereocenters. The van der Waals surface area contributed by atoms with Crippen molar-refractivity contribution in [1.29, 1.82) is 0 Å². The highest BCUT2D eigenvalue weighted by Crippen LogP contribution is 2.30. The van der Waals surface area contributed by atoms with Gasteiger partial charge in [-0.05, 0) is 23.3 Å². The third kappa shape index (κ3) is 3.58. The van der Waals surface area contributed by atoms with E-state index >= 15 is 0 Å².